The molecule has 0 radical (unpaired) electrons. The molecule has 2 heterocycles. The van der Waals surface area contributed by atoms with E-state index < -0.39 is 6.04 Å². The number of hydrogen-bond acceptors (Lipinski definition) is 6. The number of hydrogen-bond donors (Lipinski definition) is 0. The molecule has 38 heavy (non-hydrogen) atoms. The predicted octanol–water partition coefficient (Wildman–Crippen LogP) is 5.78. The van der Waals surface area contributed by atoms with Crippen molar-refractivity contribution in [3.8, 4) is 17.2 Å². The van der Waals surface area contributed by atoms with Crippen molar-refractivity contribution in [2.24, 2.45) is 0 Å². The van der Waals surface area contributed by atoms with Gasteiger partial charge in [0.15, 0.2) is 16.9 Å². The Bertz CT molecular complexity index is 1510. The third-order valence-corrected chi connectivity index (χ3v) is 6.93. The Balaban J connectivity index is 1.56. The number of para-hydroxylation sites is 1. The van der Waals surface area contributed by atoms with E-state index in [0.717, 1.165) is 29.7 Å². The minimum atomic E-state index is -0.616. The van der Waals surface area contributed by atoms with Gasteiger partial charge in [0.25, 0.3) is 5.91 Å². The zero-order valence-corrected chi connectivity index (χ0v) is 21.9. The molecule has 0 saturated carbocycles. The van der Waals surface area contributed by atoms with Crippen LogP contribution in [0.5, 0.6) is 17.2 Å². The molecule has 0 aliphatic carbocycles. The Morgan fingerprint density at radius 1 is 0.921 bits per heavy atom. The van der Waals surface area contributed by atoms with Crippen LogP contribution < -0.4 is 19.6 Å². The van der Waals surface area contributed by atoms with E-state index in [1.807, 2.05) is 42.5 Å². The lowest BCUT2D eigenvalue weighted by molar-refractivity contribution is 0.0730. The van der Waals surface area contributed by atoms with Gasteiger partial charge in [-0.15, -0.1) is 0 Å². The van der Waals surface area contributed by atoms with E-state index in [9.17, 15) is 9.59 Å². The molecule has 7 heteroatoms. The zero-order valence-electron chi connectivity index (χ0n) is 21.9. The lowest BCUT2D eigenvalue weighted by Crippen LogP contribution is -2.31. The number of benzene rings is 3. The average Bonchev–Trinajstić information content (AvgIpc) is 3.23. The molecule has 3 aromatic carbocycles. The highest BCUT2D eigenvalue weighted by Gasteiger charge is 2.42. The molecule has 5 rings (SSSR count). The van der Waals surface area contributed by atoms with Crippen molar-refractivity contribution in [1.82, 2.24) is 4.90 Å². The number of carbonyl (C=O) groups is 1. The molecule has 196 valence electrons. The lowest BCUT2D eigenvalue weighted by atomic mass is 9.97. The molecule has 1 amide bonds. The monoisotopic (exact) mass is 513 g/mol. The maximum absolute atomic E-state index is 13.7. The van der Waals surface area contributed by atoms with Gasteiger partial charge in [-0.1, -0.05) is 43.7 Å². The molecule has 1 aliphatic heterocycles. The van der Waals surface area contributed by atoms with Crippen molar-refractivity contribution in [1.29, 1.82) is 0 Å². The number of nitrogens with zero attached hydrogens (tertiary/aromatic N) is 1. The molecular formula is C31H31NO6. The standard InChI is InChI=1S/C31H31NO6/c1-4-5-18-37-25-15-12-21(19-26(25)36-3)28-27-29(33)23-8-6-7-9-24(23)38-30(27)31(34)32(28)17-16-20-10-13-22(35-2)14-11-20/h6-15,19,28H,4-5,16-18H2,1-3H3. The van der Waals surface area contributed by atoms with E-state index in [1.54, 1.807) is 43.4 Å². The fourth-order valence-corrected chi connectivity index (χ4v) is 4.89. The molecule has 0 N–H and O–H groups in total. The Labute approximate surface area is 221 Å². The van der Waals surface area contributed by atoms with Gasteiger partial charge in [-0.05, 0) is 60.4 Å². The van der Waals surface area contributed by atoms with Gasteiger partial charge in [-0.25, -0.2) is 0 Å². The number of ether oxygens (including phenoxy) is 3. The molecule has 1 atom stereocenters. The largest absolute Gasteiger partial charge is 0.497 e. The molecule has 0 saturated heterocycles. The van der Waals surface area contributed by atoms with Crippen LogP contribution in [0, 0.1) is 0 Å². The molecule has 1 aromatic heterocycles. The van der Waals surface area contributed by atoms with E-state index in [-0.39, 0.29) is 17.1 Å². The summed E-state index contributed by atoms with van der Waals surface area (Å²) in [4.78, 5) is 29.2. The number of carbonyl (C=O) groups excluding carboxylic acids is 1. The van der Waals surface area contributed by atoms with Crippen molar-refractivity contribution in [2.75, 3.05) is 27.4 Å². The zero-order chi connectivity index (χ0) is 26.6. The number of unbranched alkanes of at least 4 members (excludes halogenated alkanes) is 1. The van der Waals surface area contributed by atoms with Gasteiger partial charge in [0.1, 0.15) is 11.3 Å². The van der Waals surface area contributed by atoms with Crippen molar-refractivity contribution in [3.05, 3.63) is 99.4 Å². The number of amides is 1. The summed E-state index contributed by atoms with van der Waals surface area (Å²) in [7, 11) is 3.21. The highest BCUT2D eigenvalue weighted by molar-refractivity contribution is 5.99. The van der Waals surface area contributed by atoms with Crippen LogP contribution in [-0.4, -0.2) is 38.2 Å². The van der Waals surface area contributed by atoms with Crippen LogP contribution in [0.1, 0.15) is 53.1 Å². The molecule has 1 unspecified atom stereocenters. The maximum atomic E-state index is 13.7. The van der Waals surface area contributed by atoms with Gasteiger partial charge < -0.3 is 23.5 Å². The quantitative estimate of drug-likeness (QED) is 0.250. The van der Waals surface area contributed by atoms with Crippen LogP contribution in [-0.2, 0) is 6.42 Å². The molecule has 1 aliphatic rings. The molecular weight excluding hydrogens is 482 g/mol. The van der Waals surface area contributed by atoms with Crippen LogP contribution in [0.15, 0.2) is 75.9 Å². The Morgan fingerprint density at radius 2 is 1.71 bits per heavy atom. The summed E-state index contributed by atoms with van der Waals surface area (Å²) in [5, 5.41) is 0.451. The minimum Gasteiger partial charge on any atom is -0.497 e. The van der Waals surface area contributed by atoms with Gasteiger partial charge in [0, 0.05) is 6.54 Å². The van der Waals surface area contributed by atoms with Crippen LogP contribution in [0.3, 0.4) is 0 Å². The van der Waals surface area contributed by atoms with Crippen LogP contribution in [0.4, 0.5) is 0 Å². The topological polar surface area (TPSA) is 78.2 Å². The predicted molar refractivity (Wildman–Crippen MR) is 145 cm³/mol. The van der Waals surface area contributed by atoms with E-state index in [1.165, 1.54) is 0 Å². The molecule has 0 fully saturated rings. The highest BCUT2D eigenvalue weighted by atomic mass is 16.5. The Hall–Kier alpha value is -4.26. The van der Waals surface area contributed by atoms with Gasteiger partial charge in [-0.3, -0.25) is 9.59 Å². The summed E-state index contributed by atoms with van der Waals surface area (Å²) in [5.74, 6) is 1.75. The van der Waals surface area contributed by atoms with E-state index >= 15 is 0 Å². The summed E-state index contributed by atoms with van der Waals surface area (Å²) in [6, 6.07) is 19.7. The fourth-order valence-electron chi connectivity index (χ4n) is 4.89. The van der Waals surface area contributed by atoms with Crippen molar-refractivity contribution in [3.63, 3.8) is 0 Å². The Morgan fingerprint density at radius 3 is 2.45 bits per heavy atom. The second-order valence-corrected chi connectivity index (χ2v) is 9.28. The summed E-state index contributed by atoms with van der Waals surface area (Å²) in [6.07, 6.45) is 2.56. The van der Waals surface area contributed by atoms with Gasteiger partial charge in [0.05, 0.1) is 37.8 Å². The minimum absolute atomic E-state index is 0.0932. The summed E-state index contributed by atoms with van der Waals surface area (Å²) in [6.45, 7) is 3.08. The maximum Gasteiger partial charge on any atom is 0.290 e. The van der Waals surface area contributed by atoms with Crippen molar-refractivity contribution < 1.29 is 23.4 Å². The van der Waals surface area contributed by atoms with Crippen LogP contribution >= 0.6 is 0 Å². The first-order valence-electron chi connectivity index (χ1n) is 12.9. The second kappa shape index (κ2) is 11.0. The van der Waals surface area contributed by atoms with Crippen molar-refractivity contribution >= 4 is 16.9 Å². The lowest BCUT2D eigenvalue weighted by Gasteiger charge is -2.26. The Kier molecular flexibility index (Phi) is 7.36. The number of rotatable bonds is 10. The number of fused-ring (bicyclic) bond motifs is 2. The SMILES string of the molecule is CCCCOc1ccc(C2c3c(oc4ccccc4c3=O)C(=O)N2CCc2ccc(OC)cc2)cc1OC. The van der Waals surface area contributed by atoms with E-state index in [2.05, 4.69) is 6.92 Å². The highest BCUT2D eigenvalue weighted by Crippen LogP contribution is 2.41. The van der Waals surface area contributed by atoms with E-state index in [4.69, 9.17) is 18.6 Å². The molecule has 7 nitrogen and oxygen atoms in total. The molecule has 4 aromatic rings. The molecule has 0 bridgehead atoms. The van der Waals surface area contributed by atoms with Crippen LogP contribution in [0.2, 0.25) is 0 Å². The summed E-state index contributed by atoms with van der Waals surface area (Å²) < 4.78 is 22.9. The van der Waals surface area contributed by atoms with Crippen molar-refractivity contribution in [2.45, 2.75) is 32.2 Å². The molecule has 0 spiro atoms. The fraction of sp³-hybridized carbons (Fsp3) is 0.290. The second-order valence-electron chi connectivity index (χ2n) is 9.28. The van der Waals surface area contributed by atoms with Gasteiger partial charge in [-0.2, -0.15) is 0 Å². The smallest absolute Gasteiger partial charge is 0.290 e. The summed E-state index contributed by atoms with van der Waals surface area (Å²) in [5.41, 5.74) is 2.36. The summed E-state index contributed by atoms with van der Waals surface area (Å²) >= 11 is 0. The van der Waals surface area contributed by atoms with Gasteiger partial charge >= 0.3 is 0 Å². The first-order chi connectivity index (χ1) is 18.5. The first-order valence-corrected chi connectivity index (χ1v) is 12.9. The average molecular weight is 514 g/mol. The third kappa shape index (κ3) is 4.72. The van der Waals surface area contributed by atoms with E-state index in [0.29, 0.717) is 47.6 Å². The normalized spacial score (nSPS) is 14.6. The first kappa shape index (κ1) is 25.4. The van der Waals surface area contributed by atoms with Gasteiger partial charge in [0.2, 0.25) is 5.76 Å². The third-order valence-electron chi connectivity index (χ3n) is 6.93. The van der Waals surface area contributed by atoms with Crippen LogP contribution in [0.25, 0.3) is 11.0 Å². The number of methoxy groups -OCH3 is 2.